The van der Waals surface area contributed by atoms with Gasteiger partial charge in [0.2, 0.25) is 0 Å². The van der Waals surface area contributed by atoms with E-state index in [1.165, 1.54) is 17.0 Å². The lowest BCUT2D eigenvalue weighted by Crippen LogP contribution is -2.40. The third-order valence-corrected chi connectivity index (χ3v) is 3.52. The Hall–Kier alpha value is -0.980. The maximum Gasteiger partial charge on any atom is 0.0594 e. The molecule has 0 aromatic heterocycles. The second-order valence-corrected chi connectivity index (χ2v) is 5.06. The summed E-state index contributed by atoms with van der Waals surface area (Å²) in [7, 11) is 0. The Kier molecular flexibility index (Phi) is 3.13. The van der Waals surface area contributed by atoms with Crippen molar-refractivity contribution in [2.45, 2.75) is 46.6 Å². The standard InChI is InChI=1S/C14H23N/c1-8-13-11(4)9-12(5)15(13)14(6,7)10(2)3/h8,11H,2,5,9H2,1,3-4,6-7H3/b13-8-. The monoisotopic (exact) mass is 205 g/mol. The second-order valence-electron chi connectivity index (χ2n) is 5.06. The summed E-state index contributed by atoms with van der Waals surface area (Å²) in [6.07, 6.45) is 3.27. The van der Waals surface area contributed by atoms with Crippen LogP contribution >= 0.6 is 0 Å². The Bertz CT molecular complexity index is 320. The van der Waals surface area contributed by atoms with Crippen LogP contribution in [0.15, 0.2) is 36.2 Å². The third-order valence-electron chi connectivity index (χ3n) is 3.52. The van der Waals surface area contributed by atoms with Crippen molar-refractivity contribution in [2.24, 2.45) is 5.92 Å². The topological polar surface area (TPSA) is 3.24 Å². The molecule has 0 saturated carbocycles. The average molecular weight is 205 g/mol. The maximum atomic E-state index is 4.18. The lowest BCUT2D eigenvalue weighted by Gasteiger charge is -2.40. The molecule has 1 fully saturated rings. The Labute approximate surface area is 94.2 Å². The zero-order valence-corrected chi connectivity index (χ0v) is 10.7. The number of hydrogen-bond acceptors (Lipinski definition) is 1. The molecule has 1 unspecified atom stereocenters. The Balaban J connectivity index is 3.14. The summed E-state index contributed by atoms with van der Waals surface area (Å²) in [6.45, 7) is 19.1. The fourth-order valence-corrected chi connectivity index (χ4v) is 2.27. The molecule has 0 amide bonds. The van der Waals surface area contributed by atoms with E-state index in [2.05, 4.69) is 58.8 Å². The van der Waals surface area contributed by atoms with Crippen molar-refractivity contribution in [1.29, 1.82) is 0 Å². The first-order valence-electron chi connectivity index (χ1n) is 5.62. The molecule has 15 heavy (non-hydrogen) atoms. The molecule has 1 rings (SSSR count). The minimum atomic E-state index is -0.0241. The van der Waals surface area contributed by atoms with Crippen LogP contribution in [0.1, 0.15) is 41.0 Å². The van der Waals surface area contributed by atoms with E-state index in [1.807, 2.05) is 0 Å². The zero-order chi connectivity index (χ0) is 11.8. The molecule has 1 heteroatoms. The van der Waals surface area contributed by atoms with Crippen molar-refractivity contribution >= 4 is 0 Å². The highest BCUT2D eigenvalue weighted by Crippen LogP contribution is 2.42. The number of nitrogens with zero attached hydrogens (tertiary/aromatic N) is 1. The number of likely N-dealkylation sites (tertiary alicyclic amines) is 1. The molecule has 1 nitrogen and oxygen atoms in total. The van der Waals surface area contributed by atoms with E-state index in [9.17, 15) is 0 Å². The lowest BCUT2D eigenvalue weighted by atomic mass is 9.93. The summed E-state index contributed by atoms with van der Waals surface area (Å²) in [5, 5.41) is 0. The van der Waals surface area contributed by atoms with E-state index in [0.717, 1.165) is 6.42 Å². The van der Waals surface area contributed by atoms with Gasteiger partial charge in [-0.1, -0.05) is 31.7 Å². The molecule has 0 bridgehead atoms. The molecular formula is C14H23N. The Morgan fingerprint density at radius 1 is 1.53 bits per heavy atom. The van der Waals surface area contributed by atoms with Gasteiger partial charge in [0.25, 0.3) is 0 Å². The molecule has 84 valence electrons. The molecule has 0 spiro atoms. The molecule has 1 aliphatic heterocycles. The summed E-state index contributed by atoms with van der Waals surface area (Å²) in [5.41, 5.74) is 3.75. The van der Waals surface area contributed by atoms with Crippen LogP contribution in [-0.2, 0) is 0 Å². The van der Waals surface area contributed by atoms with Gasteiger partial charge in [0.05, 0.1) is 5.54 Å². The molecule has 0 aliphatic carbocycles. The van der Waals surface area contributed by atoms with Crippen LogP contribution in [0.25, 0.3) is 0 Å². The van der Waals surface area contributed by atoms with Gasteiger partial charge in [-0.2, -0.15) is 0 Å². The molecule has 0 N–H and O–H groups in total. The van der Waals surface area contributed by atoms with Crippen LogP contribution < -0.4 is 0 Å². The maximum absolute atomic E-state index is 4.18. The van der Waals surface area contributed by atoms with Crippen molar-refractivity contribution in [3.8, 4) is 0 Å². The first-order valence-corrected chi connectivity index (χ1v) is 5.62. The Morgan fingerprint density at radius 2 is 2.07 bits per heavy atom. The zero-order valence-electron chi connectivity index (χ0n) is 10.7. The summed E-state index contributed by atoms with van der Waals surface area (Å²) in [6, 6.07) is 0. The molecular weight excluding hydrogens is 182 g/mol. The van der Waals surface area contributed by atoms with E-state index < -0.39 is 0 Å². The van der Waals surface area contributed by atoms with Gasteiger partial charge in [-0.05, 0) is 34.1 Å². The quantitative estimate of drug-likeness (QED) is 0.613. The molecule has 1 atom stereocenters. The normalized spacial score (nSPS) is 25.1. The predicted octanol–water partition coefficient (Wildman–Crippen LogP) is 4.10. The SMILES string of the molecule is C=C1CC(C)/C(=C/C)N1C(C)(C)C(=C)C. The lowest BCUT2D eigenvalue weighted by molar-refractivity contribution is 0.268. The van der Waals surface area contributed by atoms with Crippen molar-refractivity contribution in [1.82, 2.24) is 4.90 Å². The molecule has 0 radical (unpaired) electrons. The summed E-state index contributed by atoms with van der Waals surface area (Å²) in [4.78, 5) is 2.35. The number of rotatable bonds is 2. The van der Waals surface area contributed by atoms with E-state index in [1.54, 1.807) is 0 Å². The van der Waals surface area contributed by atoms with Crippen molar-refractivity contribution in [3.05, 3.63) is 36.2 Å². The van der Waals surface area contributed by atoms with Crippen molar-refractivity contribution < 1.29 is 0 Å². The van der Waals surface area contributed by atoms with Gasteiger partial charge in [-0.3, -0.25) is 0 Å². The van der Waals surface area contributed by atoms with E-state index in [0.29, 0.717) is 5.92 Å². The van der Waals surface area contributed by atoms with Crippen molar-refractivity contribution in [3.63, 3.8) is 0 Å². The van der Waals surface area contributed by atoms with Gasteiger partial charge in [0, 0.05) is 17.3 Å². The fourth-order valence-electron chi connectivity index (χ4n) is 2.27. The second kappa shape index (κ2) is 3.88. The van der Waals surface area contributed by atoms with Crippen LogP contribution in [0.4, 0.5) is 0 Å². The Morgan fingerprint density at radius 3 is 2.47 bits per heavy atom. The van der Waals surface area contributed by atoms with E-state index >= 15 is 0 Å². The van der Waals surface area contributed by atoms with Crippen LogP contribution in [0.5, 0.6) is 0 Å². The van der Waals surface area contributed by atoms with E-state index in [4.69, 9.17) is 0 Å². The highest BCUT2D eigenvalue weighted by molar-refractivity contribution is 5.29. The van der Waals surface area contributed by atoms with Gasteiger partial charge >= 0.3 is 0 Å². The fraction of sp³-hybridized carbons (Fsp3) is 0.571. The molecule has 0 aromatic rings. The van der Waals surface area contributed by atoms with Crippen LogP contribution in [0.3, 0.4) is 0 Å². The van der Waals surface area contributed by atoms with Crippen LogP contribution in [-0.4, -0.2) is 10.4 Å². The van der Waals surface area contributed by atoms with Crippen LogP contribution in [0, 0.1) is 5.92 Å². The third kappa shape index (κ3) is 1.88. The highest BCUT2D eigenvalue weighted by Gasteiger charge is 2.37. The minimum absolute atomic E-state index is 0.0241. The molecule has 0 aromatic carbocycles. The first kappa shape index (κ1) is 12.1. The first-order chi connectivity index (χ1) is 6.82. The van der Waals surface area contributed by atoms with E-state index in [-0.39, 0.29) is 5.54 Å². The largest absolute Gasteiger partial charge is 0.340 e. The summed E-state index contributed by atoms with van der Waals surface area (Å²) >= 11 is 0. The summed E-state index contributed by atoms with van der Waals surface area (Å²) in [5.74, 6) is 0.584. The van der Waals surface area contributed by atoms with Crippen molar-refractivity contribution in [2.75, 3.05) is 0 Å². The highest BCUT2D eigenvalue weighted by atomic mass is 15.2. The van der Waals surface area contributed by atoms with Gasteiger partial charge < -0.3 is 4.90 Å². The number of hydrogen-bond donors (Lipinski definition) is 0. The smallest absolute Gasteiger partial charge is 0.0594 e. The van der Waals surface area contributed by atoms with Gasteiger partial charge in [-0.15, -0.1) is 0 Å². The van der Waals surface area contributed by atoms with Gasteiger partial charge in [0.15, 0.2) is 0 Å². The minimum Gasteiger partial charge on any atom is -0.340 e. The van der Waals surface area contributed by atoms with Gasteiger partial charge in [-0.25, -0.2) is 0 Å². The summed E-state index contributed by atoms with van der Waals surface area (Å²) < 4.78 is 0. The average Bonchev–Trinajstić information content (AvgIpc) is 2.40. The molecule has 1 heterocycles. The molecule has 1 aliphatic rings. The predicted molar refractivity (Wildman–Crippen MR) is 67.4 cm³/mol. The molecule has 1 saturated heterocycles. The van der Waals surface area contributed by atoms with Crippen LogP contribution in [0.2, 0.25) is 0 Å². The number of allylic oxidation sites excluding steroid dienone is 3. The van der Waals surface area contributed by atoms with Gasteiger partial charge in [0.1, 0.15) is 0 Å².